The van der Waals surface area contributed by atoms with Crippen LogP contribution in [0.1, 0.15) is 45.4 Å². The summed E-state index contributed by atoms with van der Waals surface area (Å²) in [5, 5.41) is 13.4. The van der Waals surface area contributed by atoms with Crippen molar-refractivity contribution in [3.63, 3.8) is 0 Å². The molecule has 0 spiro atoms. The molecule has 0 radical (unpaired) electrons. The first-order valence-corrected chi connectivity index (χ1v) is 12.8. The van der Waals surface area contributed by atoms with E-state index in [1.807, 2.05) is 13.0 Å². The Bertz CT molecular complexity index is 1670. The van der Waals surface area contributed by atoms with Crippen molar-refractivity contribution in [1.82, 2.24) is 24.4 Å². The Morgan fingerprint density at radius 3 is 2.41 bits per heavy atom. The maximum absolute atomic E-state index is 14.0. The monoisotopic (exact) mass is 553 g/mol. The third kappa shape index (κ3) is 5.39. The molecule has 0 atom stereocenters. The smallest absolute Gasteiger partial charge is 0.321 e. The zero-order valence-corrected chi connectivity index (χ0v) is 21.6. The standard InChI is InChI=1S/C26H22F3N7O2S/c1-3-16-10-11-20(39-16)17-12-21(26(27,28)29)36-22(31-17)13-18(33-36)24(37)32-19-14-35(4-2)34-23(19)25(38)30-15-8-6-5-7-9-15/h5-14H,3-4H2,1-2H3,(H,30,38)(H,32,37). The molecule has 200 valence electrons. The highest BCUT2D eigenvalue weighted by molar-refractivity contribution is 7.15. The van der Waals surface area contributed by atoms with Crippen LogP contribution in [-0.2, 0) is 19.1 Å². The molecule has 0 bridgehead atoms. The Morgan fingerprint density at radius 2 is 1.74 bits per heavy atom. The lowest BCUT2D eigenvalue weighted by Gasteiger charge is -2.10. The number of thiophene rings is 1. The Morgan fingerprint density at radius 1 is 0.974 bits per heavy atom. The fourth-order valence-electron chi connectivity index (χ4n) is 3.86. The summed E-state index contributed by atoms with van der Waals surface area (Å²) in [6, 6.07) is 14.4. The molecule has 2 N–H and O–H groups in total. The van der Waals surface area contributed by atoms with Gasteiger partial charge in [-0.15, -0.1) is 11.3 Å². The highest BCUT2D eigenvalue weighted by Gasteiger charge is 2.36. The number of rotatable bonds is 7. The summed E-state index contributed by atoms with van der Waals surface area (Å²) in [7, 11) is 0. The van der Waals surface area contributed by atoms with Crippen molar-refractivity contribution in [1.29, 1.82) is 0 Å². The van der Waals surface area contributed by atoms with Crippen LogP contribution in [0.25, 0.3) is 16.2 Å². The number of carbonyl (C=O) groups excluding carboxylic acids is 2. The molecule has 0 unspecified atom stereocenters. The van der Waals surface area contributed by atoms with Gasteiger partial charge >= 0.3 is 6.18 Å². The van der Waals surface area contributed by atoms with E-state index in [9.17, 15) is 22.8 Å². The van der Waals surface area contributed by atoms with E-state index in [1.165, 1.54) is 28.3 Å². The minimum Gasteiger partial charge on any atom is -0.321 e. The van der Waals surface area contributed by atoms with Gasteiger partial charge in [-0.05, 0) is 43.7 Å². The first-order chi connectivity index (χ1) is 18.7. The second-order valence-corrected chi connectivity index (χ2v) is 9.63. The highest BCUT2D eigenvalue weighted by Crippen LogP contribution is 2.34. The Hall–Kier alpha value is -4.52. The molecule has 0 aliphatic heterocycles. The number of carbonyl (C=O) groups is 2. The average Bonchev–Trinajstić information content (AvgIpc) is 3.65. The first kappa shape index (κ1) is 26.1. The maximum Gasteiger partial charge on any atom is 0.433 e. The number of alkyl halides is 3. The predicted molar refractivity (Wildman–Crippen MR) is 141 cm³/mol. The van der Waals surface area contributed by atoms with Crippen molar-refractivity contribution in [2.45, 2.75) is 33.0 Å². The van der Waals surface area contributed by atoms with E-state index in [-0.39, 0.29) is 28.4 Å². The summed E-state index contributed by atoms with van der Waals surface area (Å²) in [5.74, 6) is -1.38. The van der Waals surface area contributed by atoms with Crippen LogP contribution in [0.3, 0.4) is 0 Å². The zero-order chi connectivity index (χ0) is 27.7. The lowest BCUT2D eigenvalue weighted by atomic mass is 10.2. The number of aromatic nitrogens is 5. The molecule has 13 heteroatoms. The molecule has 39 heavy (non-hydrogen) atoms. The summed E-state index contributed by atoms with van der Waals surface area (Å²) in [4.78, 5) is 31.9. The summed E-state index contributed by atoms with van der Waals surface area (Å²) >= 11 is 1.35. The number of fused-ring (bicyclic) bond motifs is 1. The average molecular weight is 554 g/mol. The van der Waals surface area contributed by atoms with Crippen LogP contribution in [0, 0.1) is 0 Å². The van der Waals surface area contributed by atoms with Gasteiger partial charge in [0, 0.05) is 29.4 Å². The summed E-state index contributed by atoms with van der Waals surface area (Å²) in [6.45, 7) is 4.18. The molecule has 0 aliphatic carbocycles. The summed E-state index contributed by atoms with van der Waals surface area (Å²) in [6.07, 6.45) is -2.53. The van der Waals surface area contributed by atoms with Crippen molar-refractivity contribution in [2.24, 2.45) is 0 Å². The molecule has 4 heterocycles. The fourth-order valence-corrected chi connectivity index (χ4v) is 4.77. The minimum atomic E-state index is -4.74. The Kier molecular flexibility index (Phi) is 6.91. The normalized spacial score (nSPS) is 11.6. The number of anilines is 2. The first-order valence-electron chi connectivity index (χ1n) is 12.0. The number of nitrogens with zero attached hydrogens (tertiary/aromatic N) is 5. The topological polar surface area (TPSA) is 106 Å². The zero-order valence-electron chi connectivity index (χ0n) is 20.8. The number of para-hydroxylation sites is 1. The van der Waals surface area contributed by atoms with E-state index in [1.54, 1.807) is 43.3 Å². The van der Waals surface area contributed by atoms with Crippen LogP contribution in [0.4, 0.5) is 24.5 Å². The molecule has 0 saturated carbocycles. The molecule has 4 aromatic heterocycles. The van der Waals surface area contributed by atoms with Crippen molar-refractivity contribution in [3.8, 4) is 10.6 Å². The fraction of sp³-hybridized carbons (Fsp3) is 0.192. The van der Waals surface area contributed by atoms with Gasteiger partial charge in [0.25, 0.3) is 11.8 Å². The lowest BCUT2D eigenvalue weighted by molar-refractivity contribution is -0.142. The van der Waals surface area contributed by atoms with Crippen molar-refractivity contribution >= 4 is 40.2 Å². The molecule has 0 saturated heterocycles. The van der Waals surface area contributed by atoms with Crippen LogP contribution in [0.5, 0.6) is 0 Å². The number of halogens is 3. The van der Waals surface area contributed by atoms with Crippen LogP contribution >= 0.6 is 11.3 Å². The van der Waals surface area contributed by atoms with Gasteiger partial charge in [-0.25, -0.2) is 9.50 Å². The molecule has 5 rings (SSSR count). The van der Waals surface area contributed by atoms with Crippen molar-refractivity contribution < 1.29 is 22.8 Å². The third-order valence-electron chi connectivity index (χ3n) is 5.79. The van der Waals surface area contributed by atoms with Crippen LogP contribution < -0.4 is 10.6 Å². The van der Waals surface area contributed by atoms with Crippen molar-refractivity contribution in [3.05, 3.63) is 82.8 Å². The van der Waals surface area contributed by atoms with Gasteiger partial charge in [0.1, 0.15) is 0 Å². The SMILES string of the molecule is CCc1ccc(-c2cc(C(F)(F)F)n3nc(C(=O)Nc4cn(CC)nc4C(=O)Nc4ccccc4)cc3n2)s1. The molecular weight excluding hydrogens is 531 g/mol. The minimum absolute atomic E-state index is 0.0568. The Balaban J connectivity index is 1.48. The highest BCUT2D eigenvalue weighted by atomic mass is 32.1. The number of hydrogen-bond acceptors (Lipinski definition) is 6. The number of aryl methyl sites for hydroxylation is 2. The van der Waals surface area contributed by atoms with Crippen LogP contribution in [0.15, 0.2) is 60.8 Å². The maximum atomic E-state index is 14.0. The number of hydrogen-bond donors (Lipinski definition) is 2. The molecule has 9 nitrogen and oxygen atoms in total. The van der Waals surface area contributed by atoms with Gasteiger partial charge in [-0.3, -0.25) is 14.3 Å². The molecule has 0 aliphatic rings. The summed E-state index contributed by atoms with van der Waals surface area (Å²) in [5.41, 5.74) is -0.803. The van der Waals surface area contributed by atoms with E-state index >= 15 is 0 Å². The summed E-state index contributed by atoms with van der Waals surface area (Å²) < 4.78 is 44.0. The molecule has 2 amide bonds. The Labute approximate surface area is 224 Å². The molecule has 5 aromatic rings. The van der Waals surface area contributed by atoms with E-state index in [4.69, 9.17) is 0 Å². The lowest BCUT2D eigenvalue weighted by Crippen LogP contribution is -2.18. The van der Waals surface area contributed by atoms with Gasteiger partial charge in [0.05, 0.1) is 16.3 Å². The quantitative estimate of drug-likeness (QED) is 0.267. The van der Waals surface area contributed by atoms with Crippen LogP contribution in [0.2, 0.25) is 0 Å². The molecule has 1 aromatic carbocycles. The van der Waals surface area contributed by atoms with Gasteiger partial charge in [-0.1, -0.05) is 25.1 Å². The van der Waals surface area contributed by atoms with E-state index < -0.39 is 23.7 Å². The molecule has 0 fully saturated rings. The number of nitrogens with one attached hydrogen (secondary N) is 2. The van der Waals surface area contributed by atoms with Crippen molar-refractivity contribution in [2.75, 3.05) is 10.6 Å². The van der Waals surface area contributed by atoms with Gasteiger partial charge < -0.3 is 10.6 Å². The third-order valence-corrected chi connectivity index (χ3v) is 7.05. The number of benzene rings is 1. The van der Waals surface area contributed by atoms with Gasteiger partial charge in [0.2, 0.25) is 0 Å². The van der Waals surface area contributed by atoms with Crippen LogP contribution in [-0.4, -0.2) is 36.2 Å². The van der Waals surface area contributed by atoms with Gasteiger partial charge in [-0.2, -0.15) is 23.4 Å². The molecular formula is C26H22F3N7O2S. The van der Waals surface area contributed by atoms with E-state index in [0.29, 0.717) is 21.6 Å². The predicted octanol–water partition coefficient (Wildman–Crippen LogP) is 5.76. The van der Waals surface area contributed by atoms with Gasteiger partial charge in [0.15, 0.2) is 22.7 Å². The van der Waals surface area contributed by atoms with E-state index in [0.717, 1.165) is 17.4 Å². The number of amides is 2. The second-order valence-electron chi connectivity index (χ2n) is 8.46. The van der Waals surface area contributed by atoms with E-state index in [2.05, 4.69) is 25.8 Å². The second kappa shape index (κ2) is 10.3. The largest absolute Gasteiger partial charge is 0.433 e.